The van der Waals surface area contributed by atoms with Gasteiger partial charge >= 0.3 is 0 Å². The number of nitrogen functional groups attached to an aromatic ring is 1. The zero-order valence-corrected chi connectivity index (χ0v) is 16.0. The van der Waals surface area contributed by atoms with Crippen LogP contribution in [0.1, 0.15) is 25.3 Å². The Morgan fingerprint density at radius 1 is 1.29 bits per heavy atom. The first-order chi connectivity index (χ1) is 13.4. The normalized spacial score (nSPS) is 14.7. The number of rotatable bonds is 6. The van der Waals surface area contributed by atoms with Gasteiger partial charge in [-0.15, -0.1) is 0 Å². The molecule has 0 radical (unpaired) electrons. The minimum Gasteiger partial charge on any atom is -0.384 e. The van der Waals surface area contributed by atoms with Gasteiger partial charge in [-0.2, -0.15) is 4.98 Å². The number of nitrogens with zero attached hydrogens (tertiary/aromatic N) is 2. The summed E-state index contributed by atoms with van der Waals surface area (Å²) in [6.45, 7) is 2.13. The molecule has 144 valence electrons. The van der Waals surface area contributed by atoms with Gasteiger partial charge in [-0.05, 0) is 56.0 Å². The standard InChI is InChI=1S/C20H20ClFN6/c1-10(11-5-6-11)25-19-14-4-2-3-13(18(23)24)17(14)27-20(28-19)26-12-7-8-16(22)15(21)9-12/h2-4,7-11H,5-6H2,1H3,(H3,23,24)(H2,25,26,27,28)/t10-/m1/s1. The van der Waals surface area contributed by atoms with Crippen LogP contribution in [0, 0.1) is 17.1 Å². The summed E-state index contributed by atoms with van der Waals surface area (Å²) in [5.41, 5.74) is 7.42. The lowest BCUT2D eigenvalue weighted by Crippen LogP contribution is -2.19. The lowest BCUT2D eigenvalue weighted by molar-refractivity contribution is 0.628. The Balaban J connectivity index is 1.79. The highest BCUT2D eigenvalue weighted by Crippen LogP contribution is 2.35. The van der Waals surface area contributed by atoms with Crippen molar-refractivity contribution in [1.82, 2.24) is 9.97 Å². The lowest BCUT2D eigenvalue weighted by atomic mass is 10.1. The molecule has 3 aromatic rings. The number of fused-ring (bicyclic) bond motifs is 1. The number of hydrogen-bond donors (Lipinski definition) is 4. The molecule has 0 spiro atoms. The number of nitrogens with two attached hydrogens (primary N) is 1. The maximum Gasteiger partial charge on any atom is 0.229 e. The van der Waals surface area contributed by atoms with Crippen LogP contribution in [0.4, 0.5) is 21.8 Å². The molecule has 0 bridgehead atoms. The van der Waals surface area contributed by atoms with Gasteiger partial charge in [-0.1, -0.05) is 17.7 Å². The van der Waals surface area contributed by atoms with E-state index >= 15 is 0 Å². The molecule has 1 fully saturated rings. The van der Waals surface area contributed by atoms with Crippen LogP contribution in [0.5, 0.6) is 0 Å². The Hall–Kier alpha value is -2.93. The molecule has 0 amide bonds. The number of aromatic nitrogens is 2. The third-order valence-corrected chi connectivity index (χ3v) is 5.18. The van der Waals surface area contributed by atoms with Crippen molar-refractivity contribution >= 4 is 45.8 Å². The maximum atomic E-state index is 13.4. The number of nitrogens with one attached hydrogen (secondary N) is 3. The molecule has 1 heterocycles. The fourth-order valence-corrected chi connectivity index (χ4v) is 3.35. The van der Waals surface area contributed by atoms with Crippen LogP contribution >= 0.6 is 11.6 Å². The van der Waals surface area contributed by atoms with Gasteiger partial charge in [-0.25, -0.2) is 9.37 Å². The van der Waals surface area contributed by atoms with E-state index in [1.807, 2.05) is 12.1 Å². The van der Waals surface area contributed by atoms with Crippen LogP contribution in [-0.4, -0.2) is 21.8 Å². The average molecular weight is 399 g/mol. The van der Waals surface area contributed by atoms with Gasteiger partial charge in [0.15, 0.2) is 0 Å². The zero-order valence-electron chi connectivity index (χ0n) is 15.3. The van der Waals surface area contributed by atoms with Crippen molar-refractivity contribution in [2.75, 3.05) is 10.6 Å². The number of halogens is 2. The van der Waals surface area contributed by atoms with Crippen molar-refractivity contribution in [2.24, 2.45) is 11.7 Å². The minimum atomic E-state index is -0.494. The Morgan fingerprint density at radius 2 is 2.07 bits per heavy atom. The Labute approximate surface area is 166 Å². The largest absolute Gasteiger partial charge is 0.384 e. The van der Waals surface area contributed by atoms with E-state index in [1.165, 1.54) is 25.0 Å². The van der Waals surface area contributed by atoms with E-state index in [1.54, 1.807) is 12.1 Å². The molecule has 0 aliphatic heterocycles. The van der Waals surface area contributed by atoms with Crippen LogP contribution in [0.3, 0.4) is 0 Å². The first kappa shape index (κ1) is 18.4. The topological polar surface area (TPSA) is 99.7 Å². The Kier molecular flexibility index (Phi) is 4.77. The quantitative estimate of drug-likeness (QED) is 0.357. The summed E-state index contributed by atoms with van der Waals surface area (Å²) < 4.78 is 13.4. The SMILES string of the molecule is C[C@@H](Nc1nc(Nc2ccc(F)c(Cl)c2)nc2c(C(=N)N)cccc12)C1CC1. The first-order valence-corrected chi connectivity index (χ1v) is 9.44. The number of amidine groups is 1. The summed E-state index contributed by atoms with van der Waals surface area (Å²) in [4.78, 5) is 9.17. The summed E-state index contributed by atoms with van der Waals surface area (Å²) in [5.74, 6) is 1.05. The van der Waals surface area contributed by atoms with Crippen molar-refractivity contribution in [3.63, 3.8) is 0 Å². The fourth-order valence-electron chi connectivity index (χ4n) is 3.17. The van der Waals surface area contributed by atoms with Crippen LogP contribution in [0.15, 0.2) is 36.4 Å². The van der Waals surface area contributed by atoms with Crippen molar-refractivity contribution in [1.29, 1.82) is 5.41 Å². The van der Waals surface area contributed by atoms with Gasteiger partial charge in [0, 0.05) is 22.7 Å². The molecule has 0 unspecified atom stereocenters. The number of benzene rings is 2. The summed E-state index contributed by atoms with van der Waals surface area (Å²) in [5, 5.41) is 15.2. The maximum absolute atomic E-state index is 13.4. The van der Waals surface area contributed by atoms with Crippen molar-refractivity contribution in [3.8, 4) is 0 Å². The third kappa shape index (κ3) is 3.71. The van der Waals surface area contributed by atoms with Gasteiger partial charge < -0.3 is 16.4 Å². The van der Waals surface area contributed by atoms with E-state index in [4.69, 9.17) is 22.7 Å². The van der Waals surface area contributed by atoms with Crippen molar-refractivity contribution in [2.45, 2.75) is 25.8 Å². The smallest absolute Gasteiger partial charge is 0.229 e. The van der Waals surface area contributed by atoms with E-state index in [9.17, 15) is 4.39 Å². The molecule has 1 aliphatic rings. The molecule has 1 atom stereocenters. The molecule has 5 N–H and O–H groups in total. The molecule has 6 nitrogen and oxygen atoms in total. The first-order valence-electron chi connectivity index (χ1n) is 9.06. The second-order valence-corrected chi connectivity index (χ2v) is 7.44. The zero-order chi connectivity index (χ0) is 19.8. The average Bonchev–Trinajstić information content (AvgIpc) is 3.49. The molecular weight excluding hydrogens is 379 g/mol. The summed E-state index contributed by atoms with van der Waals surface area (Å²) in [6, 6.07) is 10.1. The lowest BCUT2D eigenvalue weighted by Gasteiger charge is -2.17. The molecule has 28 heavy (non-hydrogen) atoms. The molecule has 0 saturated heterocycles. The van der Waals surface area contributed by atoms with Crippen LogP contribution in [0.25, 0.3) is 10.9 Å². The fraction of sp³-hybridized carbons (Fsp3) is 0.250. The second kappa shape index (κ2) is 7.24. The van der Waals surface area contributed by atoms with Crippen LogP contribution in [-0.2, 0) is 0 Å². The Morgan fingerprint density at radius 3 is 2.75 bits per heavy atom. The van der Waals surface area contributed by atoms with Crippen molar-refractivity contribution < 1.29 is 4.39 Å². The van der Waals surface area contributed by atoms with E-state index in [-0.39, 0.29) is 16.9 Å². The highest BCUT2D eigenvalue weighted by molar-refractivity contribution is 6.31. The van der Waals surface area contributed by atoms with E-state index < -0.39 is 5.82 Å². The molecule has 1 aromatic heterocycles. The molecular formula is C20H20ClFN6. The summed E-state index contributed by atoms with van der Waals surface area (Å²) in [6.07, 6.45) is 2.41. The minimum absolute atomic E-state index is 0.0101. The molecule has 8 heteroatoms. The molecule has 1 saturated carbocycles. The van der Waals surface area contributed by atoms with Crippen molar-refractivity contribution in [3.05, 3.63) is 52.8 Å². The molecule has 4 rings (SSSR count). The predicted octanol–water partition coefficient (Wildman–Crippen LogP) is 4.66. The second-order valence-electron chi connectivity index (χ2n) is 7.04. The summed E-state index contributed by atoms with van der Waals surface area (Å²) >= 11 is 5.87. The van der Waals surface area contributed by atoms with Gasteiger partial charge in [0.25, 0.3) is 0 Å². The van der Waals surface area contributed by atoms with Gasteiger partial charge in [0.05, 0.1) is 10.5 Å². The van der Waals surface area contributed by atoms with Gasteiger partial charge in [0.1, 0.15) is 17.5 Å². The number of para-hydroxylation sites is 1. The predicted molar refractivity (Wildman–Crippen MR) is 111 cm³/mol. The number of hydrogen-bond acceptors (Lipinski definition) is 5. The summed E-state index contributed by atoms with van der Waals surface area (Å²) in [7, 11) is 0. The monoisotopic (exact) mass is 398 g/mol. The van der Waals surface area contributed by atoms with E-state index in [2.05, 4.69) is 27.5 Å². The number of anilines is 3. The van der Waals surface area contributed by atoms with Crippen LogP contribution in [0.2, 0.25) is 5.02 Å². The third-order valence-electron chi connectivity index (χ3n) is 4.89. The van der Waals surface area contributed by atoms with Crippen LogP contribution < -0.4 is 16.4 Å². The van der Waals surface area contributed by atoms with Gasteiger partial charge in [-0.3, -0.25) is 5.41 Å². The highest BCUT2D eigenvalue weighted by atomic mass is 35.5. The molecule has 1 aliphatic carbocycles. The Bertz CT molecular complexity index is 1070. The van der Waals surface area contributed by atoms with E-state index in [0.29, 0.717) is 34.5 Å². The highest BCUT2D eigenvalue weighted by Gasteiger charge is 2.28. The van der Waals surface area contributed by atoms with Gasteiger partial charge in [0.2, 0.25) is 5.95 Å². The van der Waals surface area contributed by atoms with E-state index in [0.717, 1.165) is 5.39 Å². The molecule has 2 aromatic carbocycles.